The molecule has 58 valence electrons. The standard InChI is InChI=1S/C7H13NOS/c8-6(9)7(10)4-2-1-3-5-7/h10H,1-5H2,(H2,8,9). The molecule has 1 amide bonds. The summed E-state index contributed by atoms with van der Waals surface area (Å²) >= 11 is 4.27. The molecular formula is C7H13NOS. The van der Waals surface area contributed by atoms with Crippen molar-refractivity contribution < 1.29 is 4.79 Å². The summed E-state index contributed by atoms with van der Waals surface area (Å²) in [5, 5.41) is 0. The number of rotatable bonds is 1. The zero-order chi connectivity index (χ0) is 7.61. The Morgan fingerprint density at radius 2 is 1.80 bits per heavy atom. The molecule has 10 heavy (non-hydrogen) atoms. The van der Waals surface area contributed by atoms with Crippen molar-refractivity contribution in [3.63, 3.8) is 0 Å². The van der Waals surface area contributed by atoms with Crippen LogP contribution >= 0.6 is 12.6 Å². The molecule has 3 heteroatoms. The van der Waals surface area contributed by atoms with Gasteiger partial charge in [0.25, 0.3) is 0 Å². The van der Waals surface area contributed by atoms with Crippen molar-refractivity contribution in [1.29, 1.82) is 0 Å². The van der Waals surface area contributed by atoms with Gasteiger partial charge in [0.2, 0.25) is 5.91 Å². The number of hydrogen-bond acceptors (Lipinski definition) is 2. The molecule has 1 rings (SSSR count). The Bertz CT molecular complexity index is 141. The van der Waals surface area contributed by atoms with Gasteiger partial charge in [0.05, 0.1) is 4.75 Å². The van der Waals surface area contributed by atoms with E-state index in [1.165, 1.54) is 6.42 Å². The third-order valence-electron chi connectivity index (χ3n) is 2.14. The molecule has 2 N–H and O–H groups in total. The fourth-order valence-electron chi connectivity index (χ4n) is 1.38. The number of primary amides is 1. The van der Waals surface area contributed by atoms with Gasteiger partial charge < -0.3 is 5.73 Å². The lowest BCUT2D eigenvalue weighted by atomic mass is 9.88. The number of hydrogen-bond donors (Lipinski definition) is 2. The second-order valence-corrected chi connectivity index (χ2v) is 3.81. The first-order valence-electron chi connectivity index (χ1n) is 3.67. The molecule has 0 saturated heterocycles. The second kappa shape index (κ2) is 2.82. The molecule has 0 heterocycles. The van der Waals surface area contributed by atoms with E-state index in [-0.39, 0.29) is 5.91 Å². The number of carbonyl (C=O) groups excluding carboxylic acids is 1. The van der Waals surface area contributed by atoms with Gasteiger partial charge in [0, 0.05) is 0 Å². The molecule has 1 aliphatic carbocycles. The summed E-state index contributed by atoms with van der Waals surface area (Å²) in [6.45, 7) is 0. The summed E-state index contributed by atoms with van der Waals surface area (Å²) in [6.07, 6.45) is 5.10. The first kappa shape index (κ1) is 7.92. The quantitative estimate of drug-likeness (QED) is 0.553. The van der Waals surface area contributed by atoms with Gasteiger partial charge in [-0.2, -0.15) is 12.6 Å². The van der Waals surface area contributed by atoms with Crippen LogP contribution in [0.4, 0.5) is 0 Å². The Balaban J connectivity index is 2.56. The van der Waals surface area contributed by atoms with Crippen LogP contribution in [-0.2, 0) is 4.79 Å². The van der Waals surface area contributed by atoms with E-state index in [9.17, 15) is 4.79 Å². The molecular weight excluding hydrogens is 146 g/mol. The van der Waals surface area contributed by atoms with E-state index < -0.39 is 4.75 Å². The van der Waals surface area contributed by atoms with Crippen molar-refractivity contribution in [2.75, 3.05) is 0 Å². The summed E-state index contributed by atoms with van der Waals surface area (Å²) in [7, 11) is 0. The van der Waals surface area contributed by atoms with Crippen molar-refractivity contribution >= 4 is 18.5 Å². The Kier molecular flexibility index (Phi) is 2.24. The highest BCUT2D eigenvalue weighted by Crippen LogP contribution is 2.32. The third kappa shape index (κ3) is 1.45. The number of amides is 1. The van der Waals surface area contributed by atoms with Gasteiger partial charge in [-0.25, -0.2) is 0 Å². The average molecular weight is 159 g/mol. The molecule has 0 aromatic heterocycles. The van der Waals surface area contributed by atoms with E-state index in [0.717, 1.165) is 25.7 Å². The first-order chi connectivity index (χ1) is 4.65. The smallest absolute Gasteiger partial charge is 0.233 e. The summed E-state index contributed by atoms with van der Waals surface area (Å²) in [5.41, 5.74) is 5.19. The van der Waals surface area contributed by atoms with Crippen molar-refractivity contribution in [2.24, 2.45) is 5.73 Å². The van der Waals surface area contributed by atoms with E-state index in [1.54, 1.807) is 0 Å². The molecule has 0 bridgehead atoms. The Morgan fingerprint density at radius 1 is 1.30 bits per heavy atom. The summed E-state index contributed by atoms with van der Waals surface area (Å²) < 4.78 is -0.488. The van der Waals surface area contributed by atoms with Crippen molar-refractivity contribution in [3.8, 4) is 0 Å². The molecule has 0 aromatic rings. The van der Waals surface area contributed by atoms with E-state index in [1.807, 2.05) is 0 Å². The highest BCUT2D eigenvalue weighted by Gasteiger charge is 2.33. The molecule has 0 unspecified atom stereocenters. The van der Waals surface area contributed by atoms with Crippen LogP contribution in [0, 0.1) is 0 Å². The van der Waals surface area contributed by atoms with Gasteiger partial charge in [-0.1, -0.05) is 19.3 Å². The van der Waals surface area contributed by atoms with Gasteiger partial charge in [0.1, 0.15) is 0 Å². The van der Waals surface area contributed by atoms with Crippen LogP contribution in [0.1, 0.15) is 32.1 Å². The molecule has 0 aliphatic heterocycles. The monoisotopic (exact) mass is 159 g/mol. The Morgan fingerprint density at radius 3 is 2.10 bits per heavy atom. The number of thiol groups is 1. The molecule has 0 spiro atoms. The topological polar surface area (TPSA) is 43.1 Å². The van der Waals surface area contributed by atoms with Crippen LogP contribution in [-0.4, -0.2) is 10.7 Å². The maximum atomic E-state index is 10.8. The van der Waals surface area contributed by atoms with Crippen molar-refractivity contribution in [3.05, 3.63) is 0 Å². The Hall–Kier alpha value is -0.180. The van der Waals surface area contributed by atoms with E-state index in [0.29, 0.717) is 0 Å². The van der Waals surface area contributed by atoms with E-state index in [2.05, 4.69) is 12.6 Å². The molecule has 0 radical (unpaired) electrons. The Labute approximate surface area is 66.6 Å². The minimum absolute atomic E-state index is 0.254. The minimum Gasteiger partial charge on any atom is -0.368 e. The highest BCUT2D eigenvalue weighted by atomic mass is 32.1. The first-order valence-corrected chi connectivity index (χ1v) is 4.12. The molecule has 0 atom stereocenters. The minimum atomic E-state index is -0.488. The normalized spacial score (nSPS) is 24.1. The third-order valence-corrected chi connectivity index (χ3v) is 2.81. The second-order valence-electron chi connectivity index (χ2n) is 2.96. The fraction of sp³-hybridized carbons (Fsp3) is 0.857. The lowest BCUT2D eigenvalue weighted by Gasteiger charge is -2.28. The lowest BCUT2D eigenvalue weighted by molar-refractivity contribution is -0.121. The lowest BCUT2D eigenvalue weighted by Crippen LogP contribution is -2.40. The van der Waals surface area contributed by atoms with E-state index in [4.69, 9.17) is 5.73 Å². The van der Waals surface area contributed by atoms with Gasteiger partial charge in [-0.05, 0) is 12.8 Å². The molecule has 1 aliphatic rings. The van der Waals surface area contributed by atoms with Gasteiger partial charge >= 0.3 is 0 Å². The molecule has 1 fully saturated rings. The molecule has 1 saturated carbocycles. The predicted molar refractivity (Wildman–Crippen MR) is 44.0 cm³/mol. The van der Waals surface area contributed by atoms with Crippen molar-refractivity contribution in [2.45, 2.75) is 36.9 Å². The summed E-state index contributed by atoms with van der Waals surface area (Å²) in [6, 6.07) is 0. The SMILES string of the molecule is NC(=O)C1(S)CCCCC1. The maximum absolute atomic E-state index is 10.8. The van der Waals surface area contributed by atoms with E-state index >= 15 is 0 Å². The van der Waals surface area contributed by atoms with Crippen LogP contribution in [0.25, 0.3) is 0 Å². The summed E-state index contributed by atoms with van der Waals surface area (Å²) in [4.78, 5) is 10.8. The fourth-order valence-corrected chi connectivity index (χ4v) is 1.70. The van der Waals surface area contributed by atoms with Crippen molar-refractivity contribution in [1.82, 2.24) is 0 Å². The van der Waals surface area contributed by atoms with Crippen LogP contribution in [0.2, 0.25) is 0 Å². The zero-order valence-electron chi connectivity index (χ0n) is 5.97. The average Bonchev–Trinajstić information content (AvgIpc) is 1.89. The largest absolute Gasteiger partial charge is 0.368 e. The molecule has 2 nitrogen and oxygen atoms in total. The number of nitrogens with two attached hydrogens (primary N) is 1. The summed E-state index contributed by atoms with van der Waals surface area (Å²) in [5.74, 6) is -0.254. The van der Waals surface area contributed by atoms with Crippen LogP contribution in [0.15, 0.2) is 0 Å². The predicted octanol–water partition coefficient (Wildman–Crippen LogP) is 1.10. The number of carbonyl (C=O) groups is 1. The molecule has 0 aromatic carbocycles. The zero-order valence-corrected chi connectivity index (χ0v) is 6.86. The maximum Gasteiger partial charge on any atom is 0.233 e. The van der Waals surface area contributed by atoms with Crippen LogP contribution < -0.4 is 5.73 Å². The van der Waals surface area contributed by atoms with Crippen LogP contribution in [0.3, 0.4) is 0 Å². The van der Waals surface area contributed by atoms with Gasteiger partial charge in [-0.3, -0.25) is 4.79 Å². The highest BCUT2D eigenvalue weighted by molar-refractivity contribution is 7.82. The van der Waals surface area contributed by atoms with Crippen LogP contribution in [0.5, 0.6) is 0 Å². The van der Waals surface area contributed by atoms with Gasteiger partial charge in [-0.15, -0.1) is 0 Å². The van der Waals surface area contributed by atoms with Gasteiger partial charge in [0.15, 0.2) is 0 Å².